The molecule has 0 radical (unpaired) electrons. The third-order valence-electron chi connectivity index (χ3n) is 18.2. The summed E-state index contributed by atoms with van der Waals surface area (Å²) < 4.78 is 0. The molecule has 2 heterocycles. The molecule has 0 N–H and O–H groups in total. The van der Waals surface area contributed by atoms with Crippen LogP contribution >= 0.6 is 22.7 Å². The topological polar surface area (TPSA) is 6.48 Å². The predicted molar refractivity (Wildman–Crippen MR) is 361 cm³/mol. The lowest BCUT2D eigenvalue weighted by molar-refractivity contribution is 0.797. The Morgan fingerprint density at radius 2 is 0.529 bits per heavy atom. The fourth-order valence-corrected chi connectivity index (χ4v) is 16.2. The van der Waals surface area contributed by atoms with Gasteiger partial charge in [-0.25, -0.2) is 0 Å². The van der Waals surface area contributed by atoms with Gasteiger partial charge >= 0.3 is 0 Å². The standard InChI is InChI=1S/C81H60N2S2/c1-3-63-65-36-30-53(46-71(65)75-50-61(34-40-67(63)75)82(57-22-12-6-13-23-57)58-24-14-7-15-25-58)77-42-44-79(84-77)55-32-38-69-73(48-55)74-49-56(33-39-70(74)81(69)52-20-10-5-11-21-52)80-45-43-78(85-80)54-31-37-66-64(4-2)68-41-35-62(51-76(68)72(66)47-54)83(59-26-16-8-17-27-59)60-28-18-9-19-29-60/h5-51,63-64,81H,3-4H2,1-2H3. The molecule has 0 fully saturated rings. The minimum absolute atomic E-state index is 0.163. The smallest absolute Gasteiger partial charge is 0.0467 e. The molecular weight excluding hydrogens is 1070 g/mol. The lowest BCUT2D eigenvalue weighted by Gasteiger charge is -2.26. The molecule has 0 amide bonds. The van der Waals surface area contributed by atoms with Gasteiger partial charge in [0, 0.05) is 71.4 Å². The minimum atomic E-state index is 0.163. The zero-order chi connectivity index (χ0) is 56.5. The Kier molecular flexibility index (Phi) is 12.8. The van der Waals surface area contributed by atoms with Crippen LogP contribution in [0.2, 0.25) is 0 Å². The maximum atomic E-state index is 2.48. The maximum absolute atomic E-state index is 2.48. The van der Waals surface area contributed by atoms with Gasteiger partial charge in [0.15, 0.2) is 0 Å². The Morgan fingerprint density at radius 3 is 0.847 bits per heavy atom. The van der Waals surface area contributed by atoms with Gasteiger partial charge in [0.2, 0.25) is 0 Å². The van der Waals surface area contributed by atoms with Crippen molar-refractivity contribution in [3.05, 3.63) is 324 Å². The summed E-state index contributed by atoms with van der Waals surface area (Å²) in [5, 5.41) is 0. The highest BCUT2D eigenvalue weighted by molar-refractivity contribution is 7.19. The number of nitrogens with zero attached hydrogens (tertiary/aromatic N) is 2. The second-order valence-electron chi connectivity index (χ2n) is 22.9. The fourth-order valence-electron chi connectivity index (χ4n) is 14.2. The molecule has 3 aliphatic carbocycles. The molecular formula is C81H60N2S2. The van der Waals surface area contributed by atoms with Crippen LogP contribution in [0.5, 0.6) is 0 Å². The van der Waals surface area contributed by atoms with Crippen molar-refractivity contribution in [2.75, 3.05) is 9.80 Å². The van der Waals surface area contributed by atoms with E-state index >= 15 is 0 Å². The van der Waals surface area contributed by atoms with Crippen LogP contribution in [0.15, 0.2) is 285 Å². The zero-order valence-electron chi connectivity index (χ0n) is 47.5. The zero-order valence-corrected chi connectivity index (χ0v) is 49.1. The van der Waals surface area contributed by atoms with Crippen LogP contribution in [0.1, 0.15) is 83.4 Å². The van der Waals surface area contributed by atoms with Crippen LogP contribution in [0.4, 0.5) is 34.1 Å². The molecule has 2 atom stereocenters. The molecule has 0 saturated carbocycles. The first-order valence-corrected chi connectivity index (χ1v) is 31.6. The molecule has 2 nitrogen and oxygen atoms in total. The van der Waals surface area contributed by atoms with Crippen molar-refractivity contribution in [3.8, 4) is 75.1 Å². The molecule has 85 heavy (non-hydrogen) atoms. The highest BCUT2D eigenvalue weighted by Gasteiger charge is 2.33. The Hall–Kier alpha value is -9.58. The molecule has 406 valence electrons. The molecule has 4 heteroatoms. The number of para-hydroxylation sites is 4. The van der Waals surface area contributed by atoms with Crippen molar-refractivity contribution in [3.63, 3.8) is 0 Å². The Labute approximate surface area is 506 Å². The molecule has 11 aromatic carbocycles. The summed E-state index contributed by atoms with van der Waals surface area (Å²) in [4.78, 5) is 9.88. The number of fused-ring (bicyclic) bond motifs is 9. The summed E-state index contributed by atoms with van der Waals surface area (Å²) >= 11 is 3.79. The highest BCUT2D eigenvalue weighted by Crippen LogP contribution is 2.55. The van der Waals surface area contributed by atoms with Gasteiger partial charge in [0.05, 0.1) is 0 Å². The van der Waals surface area contributed by atoms with Crippen LogP contribution in [-0.4, -0.2) is 0 Å². The Morgan fingerprint density at radius 1 is 0.259 bits per heavy atom. The molecule has 2 unspecified atom stereocenters. The predicted octanol–water partition coefficient (Wildman–Crippen LogP) is 23.6. The first-order valence-electron chi connectivity index (χ1n) is 30.0. The van der Waals surface area contributed by atoms with Crippen LogP contribution in [0, 0.1) is 0 Å². The molecule has 0 saturated heterocycles. The van der Waals surface area contributed by atoms with E-state index < -0.39 is 0 Å². The molecule has 0 aliphatic heterocycles. The van der Waals surface area contributed by atoms with E-state index in [-0.39, 0.29) is 5.92 Å². The third kappa shape index (κ3) is 8.82. The SMILES string of the molecule is CCC1c2ccc(-c3ccc(-c4ccc5c(c4)-c4cc(-c6ccc(-c7ccc8c(c7)-c7cc(N(c9ccccc9)c9ccccc9)ccc7C8CC)s6)ccc4C5c4ccccc4)s3)cc2-c2cc(N(c3ccccc3)c3ccccc3)ccc21. The summed E-state index contributed by atoms with van der Waals surface area (Å²) in [6.07, 6.45) is 2.12. The number of rotatable bonds is 13. The average Bonchev–Trinajstić information content (AvgIpc) is 1.97. The number of hydrogen-bond donors (Lipinski definition) is 0. The van der Waals surface area contributed by atoms with Crippen molar-refractivity contribution in [1.82, 2.24) is 0 Å². The van der Waals surface area contributed by atoms with Gasteiger partial charge < -0.3 is 9.80 Å². The molecule has 3 aliphatic rings. The summed E-state index contributed by atoms with van der Waals surface area (Å²) in [7, 11) is 0. The number of benzene rings is 11. The molecule has 0 bridgehead atoms. The van der Waals surface area contributed by atoms with Crippen molar-refractivity contribution in [1.29, 1.82) is 0 Å². The monoisotopic (exact) mass is 1120 g/mol. The third-order valence-corrected chi connectivity index (χ3v) is 20.5. The second-order valence-corrected chi connectivity index (χ2v) is 25.0. The summed E-state index contributed by atoms with van der Waals surface area (Å²) in [6, 6.07) is 107. The van der Waals surface area contributed by atoms with Gasteiger partial charge in [-0.15, -0.1) is 22.7 Å². The van der Waals surface area contributed by atoms with Crippen molar-refractivity contribution in [2.45, 2.75) is 44.4 Å². The van der Waals surface area contributed by atoms with Crippen molar-refractivity contribution >= 4 is 56.8 Å². The van der Waals surface area contributed by atoms with Gasteiger partial charge in [-0.2, -0.15) is 0 Å². The molecule has 2 aromatic heterocycles. The van der Waals surface area contributed by atoms with Gasteiger partial charge in [-0.3, -0.25) is 0 Å². The van der Waals surface area contributed by atoms with Crippen LogP contribution in [0.25, 0.3) is 75.1 Å². The van der Waals surface area contributed by atoms with Gasteiger partial charge in [0.1, 0.15) is 0 Å². The minimum Gasteiger partial charge on any atom is -0.310 e. The van der Waals surface area contributed by atoms with Crippen molar-refractivity contribution < 1.29 is 0 Å². The van der Waals surface area contributed by atoms with Crippen LogP contribution in [0.3, 0.4) is 0 Å². The highest BCUT2D eigenvalue weighted by atomic mass is 32.1. The average molecular weight is 1130 g/mol. The van der Waals surface area contributed by atoms with E-state index in [1.54, 1.807) is 0 Å². The van der Waals surface area contributed by atoms with E-state index in [1.165, 1.54) is 125 Å². The van der Waals surface area contributed by atoms with E-state index in [4.69, 9.17) is 0 Å². The normalized spacial score (nSPS) is 14.9. The summed E-state index contributed by atoms with van der Waals surface area (Å²) in [5.41, 5.74) is 29.7. The maximum Gasteiger partial charge on any atom is 0.0467 e. The number of anilines is 6. The van der Waals surface area contributed by atoms with Crippen molar-refractivity contribution in [2.24, 2.45) is 0 Å². The number of hydrogen-bond acceptors (Lipinski definition) is 4. The van der Waals surface area contributed by atoms with Crippen LogP contribution in [-0.2, 0) is 0 Å². The van der Waals surface area contributed by atoms with E-state index in [9.17, 15) is 0 Å². The van der Waals surface area contributed by atoms with E-state index in [1.807, 2.05) is 22.7 Å². The fraction of sp³-hybridized carbons (Fsp3) is 0.0864. The summed E-state index contributed by atoms with van der Waals surface area (Å²) in [6.45, 7) is 4.65. The Balaban J connectivity index is 0.722. The second kappa shape index (κ2) is 21.2. The number of thiophene rings is 2. The lowest BCUT2D eigenvalue weighted by Crippen LogP contribution is -2.10. The van der Waals surface area contributed by atoms with Gasteiger partial charge in [-0.05, 0) is 229 Å². The Bertz CT molecular complexity index is 4280. The van der Waals surface area contributed by atoms with Gasteiger partial charge in [-0.1, -0.05) is 178 Å². The van der Waals surface area contributed by atoms with Crippen LogP contribution < -0.4 is 9.80 Å². The first kappa shape index (κ1) is 51.1. The first-order chi connectivity index (χ1) is 42.0. The summed E-state index contributed by atoms with van der Waals surface area (Å²) in [5.74, 6) is 0.904. The van der Waals surface area contributed by atoms with E-state index in [0.29, 0.717) is 11.8 Å². The molecule has 0 spiro atoms. The van der Waals surface area contributed by atoms with E-state index in [2.05, 4.69) is 309 Å². The van der Waals surface area contributed by atoms with Gasteiger partial charge in [0.25, 0.3) is 0 Å². The lowest BCUT2D eigenvalue weighted by atomic mass is 9.89. The quantitative estimate of drug-likeness (QED) is 0.114. The van der Waals surface area contributed by atoms with E-state index in [0.717, 1.165) is 35.6 Å². The molecule has 16 rings (SSSR count). The largest absolute Gasteiger partial charge is 0.310 e. The molecule has 13 aromatic rings.